The molecule has 3 rings (SSSR count). The maximum absolute atomic E-state index is 13.4. The zero-order valence-electron chi connectivity index (χ0n) is 14.6. The van der Waals surface area contributed by atoms with Gasteiger partial charge in [0.05, 0.1) is 0 Å². The molecule has 5 nitrogen and oxygen atoms in total. The molecule has 1 unspecified atom stereocenters. The third-order valence-electron chi connectivity index (χ3n) is 4.29. The molecule has 1 atom stereocenters. The van der Waals surface area contributed by atoms with E-state index in [9.17, 15) is 21.6 Å². The lowest BCUT2D eigenvalue weighted by Crippen LogP contribution is -2.56. The van der Waals surface area contributed by atoms with Crippen LogP contribution in [0.15, 0.2) is 78.5 Å². The summed E-state index contributed by atoms with van der Waals surface area (Å²) >= 11 is 0. The first kappa shape index (κ1) is 20.1. The summed E-state index contributed by atoms with van der Waals surface area (Å²) in [6.07, 6.45) is 3.94. The maximum Gasteiger partial charge on any atom is 0.550 e. The number of nitrogens with zero attached hydrogens (tertiary/aromatic N) is 1. The Hall–Kier alpha value is -2.62. The summed E-state index contributed by atoms with van der Waals surface area (Å²) in [7, 11) is -5.62. The van der Waals surface area contributed by atoms with E-state index in [2.05, 4.69) is 0 Å². The molecule has 0 aromatic heterocycles. The van der Waals surface area contributed by atoms with Gasteiger partial charge >= 0.3 is 15.5 Å². The van der Waals surface area contributed by atoms with Crippen LogP contribution in [0.1, 0.15) is 0 Å². The molecule has 2 aromatic carbocycles. The summed E-state index contributed by atoms with van der Waals surface area (Å²) in [6, 6.07) is 14.3. The van der Waals surface area contributed by atoms with E-state index in [1.165, 1.54) is 36.4 Å². The van der Waals surface area contributed by atoms with E-state index in [-0.39, 0.29) is 12.2 Å². The molecule has 0 amide bonds. The highest BCUT2D eigenvalue weighted by Gasteiger charge is 2.61. The highest BCUT2D eigenvalue weighted by atomic mass is 32.2. The van der Waals surface area contributed by atoms with Crippen LogP contribution in [0, 0.1) is 0 Å². The third kappa shape index (κ3) is 3.56. The summed E-state index contributed by atoms with van der Waals surface area (Å²) in [5, 5.41) is 0. The average molecular weight is 411 g/mol. The van der Waals surface area contributed by atoms with Crippen LogP contribution in [0.4, 0.5) is 18.9 Å². The molecular formula is C19H18F3N2O3S+. The number of benzene rings is 2. The normalized spacial score (nSPS) is 19.9. The number of para-hydroxylation sites is 1. The van der Waals surface area contributed by atoms with Gasteiger partial charge < -0.3 is 10.5 Å². The molecule has 1 aliphatic rings. The van der Waals surface area contributed by atoms with Gasteiger partial charge in [-0.1, -0.05) is 24.3 Å². The molecule has 148 valence electrons. The van der Waals surface area contributed by atoms with E-state index in [0.717, 1.165) is 6.20 Å². The first-order valence-electron chi connectivity index (χ1n) is 8.31. The summed E-state index contributed by atoms with van der Waals surface area (Å²) in [6.45, 7) is -0.483. The summed E-state index contributed by atoms with van der Waals surface area (Å²) < 4.78 is 69.4. The first-order valence-corrected chi connectivity index (χ1v) is 9.75. The third-order valence-corrected chi connectivity index (χ3v) is 6.20. The van der Waals surface area contributed by atoms with Crippen molar-refractivity contribution in [3.8, 4) is 11.5 Å². The van der Waals surface area contributed by atoms with Crippen molar-refractivity contribution in [1.29, 1.82) is 0 Å². The molecule has 28 heavy (non-hydrogen) atoms. The van der Waals surface area contributed by atoms with Gasteiger partial charge in [0.15, 0.2) is 5.69 Å². The smallest absolute Gasteiger partial charge is 0.457 e. The molecule has 0 bridgehead atoms. The van der Waals surface area contributed by atoms with Gasteiger partial charge in [-0.05, 0) is 30.3 Å². The fraction of sp³-hybridized carbons (Fsp3) is 0.158. The molecule has 0 aliphatic carbocycles. The Kier molecular flexibility index (Phi) is 5.33. The van der Waals surface area contributed by atoms with Crippen molar-refractivity contribution in [2.45, 2.75) is 5.51 Å². The second kappa shape index (κ2) is 7.42. The minimum Gasteiger partial charge on any atom is -0.457 e. The molecule has 9 heteroatoms. The highest BCUT2D eigenvalue weighted by Crippen LogP contribution is 2.40. The molecule has 2 aromatic rings. The fourth-order valence-corrected chi connectivity index (χ4v) is 4.23. The van der Waals surface area contributed by atoms with Crippen molar-refractivity contribution in [2.75, 3.05) is 13.1 Å². The molecule has 1 heterocycles. The quantitative estimate of drug-likeness (QED) is 0.754. The molecule has 1 aliphatic heterocycles. The van der Waals surface area contributed by atoms with Gasteiger partial charge in [-0.2, -0.15) is 21.6 Å². The number of rotatable bonds is 5. The van der Waals surface area contributed by atoms with Gasteiger partial charge in [0.25, 0.3) is 0 Å². The predicted molar refractivity (Wildman–Crippen MR) is 101 cm³/mol. The molecule has 0 radical (unpaired) electrons. The van der Waals surface area contributed by atoms with E-state index in [0.29, 0.717) is 17.1 Å². The zero-order chi connectivity index (χ0) is 20.4. The van der Waals surface area contributed by atoms with Crippen LogP contribution in [-0.2, 0) is 10.0 Å². The SMILES string of the molecule is NCC1=C[N+](c2ccc(Oc3ccccc3)cc2)(S(=O)(=O)C(F)(F)F)CC=C1. The number of sulfonamides is 1. The van der Waals surface area contributed by atoms with Crippen LogP contribution in [0.3, 0.4) is 0 Å². The Balaban J connectivity index is 2.05. The van der Waals surface area contributed by atoms with E-state index in [4.69, 9.17) is 10.5 Å². The monoisotopic (exact) mass is 411 g/mol. The van der Waals surface area contributed by atoms with Crippen LogP contribution in [-0.4, -0.2) is 27.0 Å². The standard InChI is InChI=1S/C19H18F3N2O3S/c20-19(21,22)28(25,26)24(12-4-5-15(13-23)14-24)16-8-10-18(11-9-16)27-17-6-2-1-3-7-17/h1-11,14H,12-13,23H2/q+1. The highest BCUT2D eigenvalue weighted by molar-refractivity contribution is 7.91. The van der Waals surface area contributed by atoms with Crippen molar-refractivity contribution < 1.29 is 26.3 Å². The van der Waals surface area contributed by atoms with Gasteiger partial charge in [0.2, 0.25) is 0 Å². The van der Waals surface area contributed by atoms with Gasteiger partial charge in [0, 0.05) is 24.3 Å². The van der Waals surface area contributed by atoms with Crippen LogP contribution in [0.5, 0.6) is 11.5 Å². The van der Waals surface area contributed by atoms with Crippen molar-refractivity contribution in [3.05, 3.63) is 78.5 Å². The van der Waals surface area contributed by atoms with Gasteiger partial charge in [-0.25, -0.2) is 0 Å². The number of ether oxygens (including phenoxy) is 1. The van der Waals surface area contributed by atoms with E-state index < -0.39 is 26.0 Å². The number of nitrogens with two attached hydrogens (primary N) is 1. The summed E-state index contributed by atoms with van der Waals surface area (Å²) in [5.41, 5.74) is 0.335. The predicted octanol–water partition coefficient (Wildman–Crippen LogP) is 4.05. The fourth-order valence-electron chi connectivity index (χ4n) is 2.91. The Morgan fingerprint density at radius 3 is 2.18 bits per heavy atom. The molecule has 0 spiro atoms. The molecule has 0 saturated heterocycles. The van der Waals surface area contributed by atoms with Crippen LogP contribution in [0.25, 0.3) is 0 Å². The number of hydrogen-bond acceptors (Lipinski definition) is 4. The second-order valence-electron chi connectivity index (χ2n) is 6.12. The summed E-state index contributed by atoms with van der Waals surface area (Å²) in [5.74, 6) is 0.918. The number of halogens is 3. The Morgan fingerprint density at radius 1 is 1.00 bits per heavy atom. The molecule has 0 saturated carbocycles. The Labute approximate surface area is 160 Å². The van der Waals surface area contributed by atoms with Gasteiger partial charge in [0.1, 0.15) is 24.2 Å². The molecule has 2 N–H and O–H groups in total. The minimum absolute atomic E-state index is 0.0620. The average Bonchev–Trinajstić information content (AvgIpc) is 2.68. The van der Waals surface area contributed by atoms with Crippen molar-refractivity contribution in [3.63, 3.8) is 0 Å². The van der Waals surface area contributed by atoms with E-state index >= 15 is 0 Å². The van der Waals surface area contributed by atoms with Gasteiger partial charge in [-0.15, -0.1) is 3.89 Å². The van der Waals surface area contributed by atoms with E-state index in [1.54, 1.807) is 24.3 Å². The Bertz CT molecular complexity index is 1000. The molecule has 0 fully saturated rings. The Morgan fingerprint density at radius 2 is 1.61 bits per heavy atom. The van der Waals surface area contributed by atoms with Crippen molar-refractivity contribution >= 4 is 15.7 Å². The lowest BCUT2D eigenvalue weighted by molar-refractivity contribution is -0.0473. The van der Waals surface area contributed by atoms with Crippen molar-refractivity contribution in [2.24, 2.45) is 5.73 Å². The van der Waals surface area contributed by atoms with E-state index in [1.807, 2.05) is 6.07 Å². The lowest BCUT2D eigenvalue weighted by Gasteiger charge is -2.34. The number of hydrogen-bond donors (Lipinski definition) is 1. The molecular weight excluding hydrogens is 393 g/mol. The second-order valence-corrected chi connectivity index (χ2v) is 8.18. The lowest BCUT2D eigenvalue weighted by atomic mass is 10.2. The summed E-state index contributed by atoms with van der Waals surface area (Å²) in [4.78, 5) is 0. The first-order chi connectivity index (χ1) is 13.2. The maximum atomic E-state index is 13.4. The topological polar surface area (TPSA) is 69.4 Å². The minimum atomic E-state index is -5.62. The number of quaternary nitrogens is 1. The largest absolute Gasteiger partial charge is 0.550 e. The van der Waals surface area contributed by atoms with Crippen LogP contribution in [0.2, 0.25) is 0 Å². The number of alkyl halides is 3. The van der Waals surface area contributed by atoms with Gasteiger partial charge in [-0.3, -0.25) is 0 Å². The van der Waals surface area contributed by atoms with Crippen molar-refractivity contribution in [1.82, 2.24) is 3.89 Å². The van der Waals surface area contributed by atoms with Crippen LogP contribution < -0.4 is 14.4 Å². The van der Waals surface area contributed by atoms with Crippen LogP contribution >= 0.6 is 0 Å². The zero-order valence-corrected chi connectivity index (χ0v) is 15.5.